The average molecular weight is 453 g/mol. The summed E-state index contributed by atoms with van der Waals surface area (Å²) in [4.78, 5) is 30.2. The van der Waals surface area contributed by atoms with E-state index < -0.39 is 0 Å². The second-order valence-corrected chi connectivity index (χ2v) is 8.65. The van der Waals surface area contributed by atoms with Crippen LogP contribution in [0.1, 0.15) is 44.7 Å². The molecule has 1 aromatic heterocycles. The van der Waals surface area contributed by atoms with E-state index in [1.165, 1.54) is 19.3 Å². The molecule has 0 radical (unpaired) electrons. The van der Waals surface area contributed by atoms with E-state index in [0.29, 0.717) is 18.2 Å². The molecule has 33 heavy (non-hydrogen) atoms. The summed E-state index contributed by atoms with van der Waals surface area (Å²) in [6.07, 6.45) is 7.63. The summed E-state index contributed by atoms with van der Waals surface area (Å²) < 4.78 is 1.65. The molecule has 3 N–H and O–H groups in total. The van der Waals surface area contributed by atoms with Crippen LogP contribution in [0.2, 0.25) is 0 Å². The third-order valence-electron chi connectivity index (χ3n) is 6.60. The van der Waals surface area contributed by atoms with Crippen molar-refractivity contribution >= 4 is 11.6 Å². The summed E-state index contributed by atoms with van der Waals surface area (Å²) in [6.45, 7) is 4.18. The second-order valence-electron chi connectivity index (χ2n) is 8.65. The van der Waals surface area contributed by atoms with Crippen LogP contribution in [0.5, 0.6) is 0 Å². The zero-order valence-electron chi connectivity index (χ0n) is 20.1. The summed E-state index contributed by atoms with van der Waals surface area (Å²) in [6, 6.07) is 11.3. The van der Waals surface area contributed by atoms with Crippen LogP contribution in [0.25, 0.3) is 11.1 Å². The fourth-order valence-corrected chi connectivity index (χ4v) is 4.44. The van der Waals surface area contributed by atoms with Crippen molar-refractivity contribution in [2.75, 3.05) is 19.1 Å². The molecule has 0 saturated heterocycles. The molecular weight excluding hydrogens is 416 g/mol. The molecule has 0 aliphatic heterocycles. The minimum Gasteiger partial charge on any atom is -0.384 e. The van der Waals surface area contributed by atoms with E-state index in [-0.39, 0.29) is 17.5 Å². The van der Waals surface area contributed by atoms with Crippen LogP contribution >= 0.6 is 0 Å². The van der Waals surface area contributed by atoms with E-state index in [9.17, 15) is 9.59 Å². The zero-order chi connectivity index (χ0) is 23.8. The van der Waals surface area contributed by atoms with Gasteiger partial charge in [-0.1, -0.05) is 37.5 Å². The van der Waals surface area contributed by atoms with Crippen LogP contribution in [0.15, 0.2) is 53.0 Å². The number of nitrogens with one attached hydrogen (secondary N) is 3. The van der Waals surface area contributed by atoms with Gasteiger partial charge in [-0.3, -0.25) is 19.9 Å². The Morgan fingerprint density at radius 1 is 1.15 bits per heavy atom. The Kier molecular flexibility index (Phi) is 8.72. The van der Waals surface area contributed by atoms with Crippen LogP contribution in [0.4, 0.5) is 5.69 Å². The maximum Gasteiger partial charge on any atom is 0.267 e. The molecule has 1 aromatic carbocycles. The van der Waals surface area contributed by atoms with Crippen LogP contribution < -0.4 is 21.7 Å². The molecule has 1 saturated carbocycles. The number of hydrogen-bond donors (Lipinski definition) is 3. The number of allylic oxidation sites excluding steroid dienone is 1. The molecular formula is C26H36N4O3. The third-order valence-corrected chi connectivity index (χ3v) is 6.60. The lowest BCUT2D eigenvalue weighted by atomic mass is 9.84. The van der Waals surface area contributed by atoms with Gasteiger partial charge in [0.15, 0.2) is 0 Å². The molecule has 1 amide bonds. The lowest BCUT2D eigenvalue weighted by molar-refractivity contribution is -0.119. The van der Waals surface area contributed by atoms with Crippen molar-refractivity contribution < 1.29 is 9.63 Å². The molecule has 1 aliphatic rings. The number of amides is 1. The highest BCUT2D eigenvalue weighted by Crippen LogP contribution is 2.27. The van der Waals surface area contributed by atoms with Gasteiger partial charge < -0.3 is 15.2 Å². The van der Waals surface area contributed by atoms with Gasteiger partial charge in [0.2, 0.25) is 5.56 Å². The summed E-state index contributed by atoms with van der Waals surface area (Å²) in [5, 5.41) is 6.10. The fourth-order valence-electron chi connectivity index (χ4n) is 4.44. The number of carbonyl (C=O) groups excluding carboxylic acids is 1. The molecule has 1 fully saturated rings. The first-order valence-electron chi connectivity index (χ1n) is 11.7. The van der Waals surface area contributed by atoms with Gasteiger partial charge in [-0.05, 0) is 56.4 Å². The highest BCUT2D eigenvalue weighted by atomic mass is 16.6. The Bertz CT molecular complexity index is 1020. The maximum atomic E-state index is 12.6. The Morgan fingerprint density at radius 2 is 1.85 bits per heavy atom. The average Bonchev–Trinajstić information content (AvgIpc) is 2.84. The van der Waals surface area contributed by atoms with E-state index in [0.717, 1.165) is 35.3 Å². The summed E-state index contributed by atoms with van der Waals surface area (Å²) in [5.41, 5.74) is 7.38. The summed E-state index contributed by atoms with van der Waals surface area (Å²) >= 11 is 0. The predicted molar refractivity (Wildman–Crippen MR) is 133 cm³/mol. The number of aromatic nitrogens is 1. The smallest absolute Gasteiger partial charge is 0.267 e. The molecule has 7 nitrogen and oxygen atoms in total. The van der Waals surface area contributed by atoms with Crippen LogP contribution in [-0.4, -0.2) is 30.2 Å². The molecule has 3 rings (SSSR count). The van der Waals surface area contributed by atoms with Crippen molar-refractivity contribution in [2.45, 2.75) is 52.0 Å². The van der Waals surface area contributed by atoms with Crippen LogP contribution in [0.3, 0.4) is 0 Å². The predicted octanol–water partition coefficient (Wildman–Crippen LogP) is 3.89. The molecule has 178 valence electrons. The molecule has 1 heterocycles. The first kappa shape index (κ1) is 24.6. The number of hydrogen-bond acceptors (Lipinski definition) is 5. The molecule has 1 aliphatic carbocycles. The molecule has 0 bridgehead atoms. The first-order valence-corrected chi connectivity index (χ1v) is 11.7. The van der Waals surface area contributed by atoms with Gasteiger partial charge in [-0.25, -0.2) is 0 Å². The number of pyridine rings is 1. The van der Waals surface area contributed by atoms with E-state index in [1.54, 1.807) is 30.8 Å². The first-order chi connectivity index (χ1) is 15.9. The minimum absolute atomic E-state index is 0.0150. The van der Waals surface area contributed by atoms with Gasteiger partial charge in [0.05, 0.1) is 24.0 Å². The van der Waals surface area contributed by atoms with E-state index in [1.807, 2.05) is 44.2 Å². The summed E-state index contributed by atoms with van der Waals surface area (Å²) in [5.74, 6) is 0.311. The molecule has 0 spiro atoms. The quantitative estimate of drug-likeness (QED) is 0.397. The number of nitrogens with zero attached hydrogens (tertiary/aromatic N) is 1. The maximum absolute atomic E-state index is 12.6. The topological polar surface area (TPSA) is 84.4 Å². The Labute approximate surface area is 196 Å². The zero-order valence-corrected chi connectivity index (χ0v) is 20.1. The molecule has 0 unspecified atom stereocenters. The monoisotopic (exact) mass is 452 g/mol. The Hall–Kier alpha value is -3.06. The highest BCUT2D eigenvalue weighted by Gasteiger charge is 2.26. The fraction of sp³-hybridized carbons (Fsp3) is 0.462. The van der Waals surface area contributed by atoms with E-state index in [2.05, 4.69) is 16.1 Å². The van der Waals surface area contributed by atoms with Crippen molar-refractivity contribution in [3.05, 3.63) is 64.2 Å². The van der Waals surface area contributed by atoms with Gasteiger partial charge in [0.1, 0.15) is 0 Å². The standard InChI is InChI=1S/C26H36N4O3/c1-5-23(27-3)26(32)28-24(20-9-7-6-8-10-20)17-33-29-21-13-11-19(12-14-21)22-15-16-25(31)30(4)18(22)2/h5,11-16,20,24,27,29H,6-10,17H2,1-4H3,(H,28,32)/b23-5-/t24-/m1/s1. The number of benzene rings is 1. The van der Waals surface area contributed by atoms with Crippen molar-refractivity contribution in [3.63, 3.8) is 0 Å². The van der Waals surface area contributed by atoms with Gasteiger partial charge in [0.25, 0.3) is 5.91 Å². The number of rotatable bonds is 9. The normalized spacial score (nSPS) is 15.7. The molecule has 2 aromatic rings. The highest BCUT2D eigenvalue weighted by molar-refractivity contribution is 5.92. The van der Waals surface area contributed by atoms with Crippen LogP contribution in [-0.2, 0) is 16.7 Å². The molecule has 7 heteroatoms. The van der Waals surface area contributed by atoms with Gasteiger partial charge in [-0.2, -0.15) is 0 Å². The Balaban J connectivity index is 1.62. The third kappa shape index (κ3) is 6.26. The lowest BCUT2D eigenvalue weighted by Crippen LogP contribution is -2.46. The summed E-state index contributed by atoms with van der Waals surface area (Å²) in [7, 11) is 3.53. The minimum atomic E-state index is -0.101. The Morgan fingerprint density at radius 3 is 2.48 bits per heavy atom. The van der Waals surface area contributed by atoms with E-state index >= 15 is 0 Å². The van der Waals surface area contributed by atoms with Crippen molar-refractivity contribution in [1.29, 1.82) is 0 Å². The SMILES string of the molecule is C/C=C(\NC)C(=O)N[C@H](CONc1ccc(-c2ccc(=O)n(C)c2C)cc1)C1CCCCC1. The van der Waals surface area contributed by atoms with Gasteiger partial charge in [-0.15, -0.1) is 0 Å². The molecule has 1 atom stereocenters. The number of anilines is 1. The van der Waals surface area contributed by atoms with Crippen molar-refractivity contribution in [2.24, 2.45) is 13.0 Å². The van der Waals surface area contributed by atoms with Crippen LogP contribution in [0, 0.1) is 12.8 Å². The largest absolute Gasteiger partial charge is 0.384 e. The number of likely N-dealkylation sites (N-methyl/N-ethyl adjacent to an activating group) is 1. The van der Waals surface area contributed by atoms with Gasteiger partial charge in [0, 0.05) is 31.4 Å². The number of carbonyl (C=O) groups is 1. The van der Waals surface area contributed by atoms with Crippen molar-refractivity contribution in [3.8, 4) is 11.1 Å². The van der Waals surface area contributed by atoms with Gasteiger partial charge >= 0.3 is 0 Å². The van der Waals surface area contributed by atoms with Crippen molar-refractivity contribution in [1.82, 2.24) is 15.2 Å². The lowest BCUT2D eigenvalue weighted by Gasteiger charge is -2.31. The van der Waals surface area contributed by atoms with E-state index in [4.69, 9.17) is 4.84 Å². The second kappa shape index (κ2) is 11.7.